The molecule has 0 fully saturated rings. The van der Waals surface area contributed by atoms with Gasteiger partial charge in [0.05, 0.1) is 11.6 Å². The molecular formula is C21H15FN4O2. The topological polar surface area (TPSA) is 96.8 Å². The number of hydrogen-bond donors (Lipinski definition) is 2. The number of nitrogens with zero attached hydrogens (tertiary/aromatic N) is 2. The zero-order valence-electron chi connectivity index (χ0n) is 14.9. The summed E-state index contributed by atoms with van der Waals surface area (Å²) in [5.74, 6) is -0.284. The normalized spacial score (nSPS) is 10.8. The zero-order valence-corrected chi connectivity index (χ0v) is 14.9. The number of pyridine rings is 1. The molecule has 0 radical (unpaired) electrons. The summed E-state index contributed by atoms with van der Waals surface area (Å²) in [6.45, 7) is 0. The van der Waals surface area contributed by atoms with Gasteiger partial charge in [0.25, 0.3) is 5.56 Å². The van der Waals surface area contributed by atoms with Crippen molar-refractivity contribution in [3.63, 3.8) is 0 Å². The van der Waals surface area contributed by atoms with Gasteiger partial charge in [-0.1, -0.05) is 0 Å². The molecule has 2 aromatic carbocycles. The van der Waals surface area contributed by atoms with E-state index in [2.05, 4.69) is 4.98 Å². The van der Waals surface area contributed by atoms with Crippen LogP contribution < -0.4 is 16.0 Å². The molecule has 0 aliphatic rings. The highest BCUT2D eigenvalue weighted by atomic mass is 19.1. The summed E-state index contributed by atoms with van der Waals surface area (Å²) in [6, 6.07) is 12.7. The fourth-order valence-electron chi connectivity index (χ4n) is 3.10. The summed E-state index contributed by atoms with van der Waals surface area (Å²) in [4.78, 5) is 15.3. The number of H-pyrrole nitrogens is 1. The van der Waals surface area contributed by atoms with Crippen LogP contribution in [-0.4, -0.2) is 9.55 Å². The Morgan fingerprint density at radius 2 is 1.93 bits per heavy atom. The quantitative estimate of drug-likeness (QED) is 0.531. The van der Waals surface area contributed by atoms with Gasteiger partial charge in [-0.15, -0.1) is 0 Å². The van der Waals surface area contributed by atoms with Gasteiger partial charge in [0.15, 0.2) is 11.6 Å². The van der Waals surface area contributed by atoms with Crippen LogP contribution in [-0.2, 0) is 7.05 Å². The standard InChI is InChI=1S/C21H15FN4O2/c1-26-11-16(14-6-7-25-20(14)21(26)27)15-9-13(24)3-5-18(15)28-19-4-2-12(10-23)8-17(19)22/h2-9,11,25H,24H2,1H3. The van der Waals surface area contributed by atoms with Crippen LogP contribution in [0.4, 0.5) is 10.1 Å². The largest absolute Gasteiger partial charge is 0.454 e. The van der Waals surface area contributed by atoms with Crippen LogP contribution in [0.3, 0.4) is 0 Å². The van der Waals surface area contributed by atoms with Gasteiger partial charge >= 0.3 is 0 Å². The average molecular weight is 374 g/mol. The molecule has 3 N–H and O–H groups in total. The van der Waals surface area contributed by atoms with Crippen molar-refractivity contribution < 1.29 is 9.13 Å². The molecule has 0 unspecified atom stereocenters. The van der Waals surface area contributed by atoms with E-state index >= 15 is 0 Å². The van der Waals surface area contributed by atoms with E-state index < -0.39 is 5.82 Å². The number of hydrogen-bond acceptors (Lipinski definition) is 4. The number of nitrogens with two attached hydrogens (primary N) is 1. The van der Waals surface area contributed by atoms with E-state index in [4.69, 9.17) is 15.7 Å². The maximum absolute atomic E-state index is 14.3. The van der Waals surface area contributed by atoms with E-state index in [1.807, 2.05) is 6.07 Å². The van der Waals surface area contributed by atoms with Crippen LogP contribution in [0, 0.1) is 17.1 Å². The number of aryl methyl sites for hydroxylation is 1. The second-order valence-electron chi connectivity index (χ2n) is 6.34. The average Bonchev–Trinajstić information content (AvgIpc) is 3.17. The Bertz CT molecular complexity index is 1310. The molecule has 0 aliphatic carbocycles. The monoisotopic (exact) mass is 374 g/mol. The Kier molecular flexibility index (Phi) is 4.09. The van der Waals surface area contributed by atoms with Crippen molar-refractivity contribution in [3.8, 4) is 28.7 Å². The van der Waals surface area contributed by atoms with Gasteiger partial charge in [0, 0.05) is 41.6 Å². The van der Waals surface area contributed by atoms with Crippen molar-refractivity contribution in [1.82, 2.24) is 9.55 Å². The predicted octanol–water partition coefficient (Wildman–Crippen LogP) is 3.92. The molecule has 0 spiro atoms. The predicted molar refractivity (Wildman–Crippen MR) is 105 cm³/mol. The Hall–Kier alpha value is -4.05. The number of halogens is 1. The molecule has 0 saturated carbocycles. The molecular weight excluding hydrogens is 359 g/mol. The zero-order chi connectivity index (χ0) is 19.8. The Morgan fingerprint density at radius 3 is 2.68 bits per heavy atom. The van der Waals surface area contributed by atoms with Crippen molar-refractivity contribution in [1.29, 1.82) is 5.26 Å². The second-order valence-corrected chi connectivity index (χ2v) is 6.34. The molecule has 2 heterocycles. The molecule has 0 amide bonds. The van der Waals surface area contributed by atoms with Crippen molar-refractivity contribution in [2.45, 2.75) is 0 Å². The Morgan fingerprint density at radius 1 is 1.14 bits per heavy atom. The van der Waals surface area contributed by atoms with Crippen LogP contribution in [0.5, 0.6) is 11.5 Å². The minimum Gasteiger partial charge on any atom is -0.454 e. The lowest BCUT2D eigenvalue weighted by Crippen LogP contribution is -2.16. The number of ether oxygens (including phenoxy) is 1. The third kappa shape index (κ3) is 2.87. The van der Waals surface area contributed by atoms with E-state index in [1.165, 1.54) is 16.7 Å². The van der Waals surface area contributed by atoms with Gasteiger partial charge in [-0.3, -0.25) is 4.79 Å². The number of benzene rings is 2. The lowest BCUT2D eigenvalue weighted by Gasteiger charge is -2.14. The summed E-state index contributed by atoms with van der Waals surface area (Å²) in [6.07, 6.45) is 3.37. The maximum atomic E-state index is 14.3. The van der Waals surface area contributed by atoms with E-state index in [-0.39, 0.29) is 16.9 Å². The van der Waals surface area contributed by atoms with Crippen molar-refractivity contribution in [2.24, 2.45) is 7.05 Å². The van der Waals surface area contributed by atoms with Gasteiger partial charge in [-0.2, -0.15) is 5.26 Å². The molecule has 0 saturated heterocycles. The minimum atomic E-state index is -0.644. The highest BCUT2D eigenvalue weighted by Crippen LogP contribution is 2.38. The smallest absolute Gasteiger partial charge is 0.274 e. The third-order valence-electron chi connectivity index (χ3n) is 4.47. The molecule has 0 aliphatic heterocycles. The highest BCUT2D eigenvalue weighted by Gasteiger charge is 2.16. The molecule has 138 valence electrons. The van der Waals surface area contributed by atoms with Crippen LogP contribution in [0.2, 0.25) is 0 Å². The first-order valence-electron chi connectivity index (χ1n) is 8.42. The van der Waals surface area contributed by atoms with Gasteiger partial charge in [-0.25, -0.2) is 4.39 Å². The Labute approximate surface area is 159 Å². The molecule has 0 bridgehead atoms. The molecule has 4 rings (SSSR count). The van der Waals surface area contributed by atoms with Gasteiger partial charge in [-0.05, 0) is 42.5 Å². The van der Waals surface area contributed by atoms with Gasteiger partial charge < -0.3 is 20.0 Å². The molecule has 7 heteroatoms. The van der Waals surface area contributed by atoms with Crippen molar-refractivity contribution in [3.05, 3.63) is 76.6 Å². The van der Waals surface area contributed by atoms with Crippen molar-refractivity contribution in [2.75, 3.05) is 5.73 Å². The van der Waals surface area contributed by atoms with Gasteiger partial charge in [0.2, 0.25) is 0 Å². The number of fused-ring (bicyclic) bond motifs is 1. The number of anilines is 1. The minimum absolute atomic E-state index is 0.0137. The number of nitrogen functional groups attached to an aromatic ring is 1. The highest BCUT2D eigenvalue weighted by molar-refractivity contribution is 5.96. The van der Waals surface area contributed by atoms with Crippen LogP contribution in [0.1, 0.15) is 5.56 Å². The summed E-state index contributed by atoms with van der Waals surface area (Å²) in [5, 5.41) is 9.60. The number of nitrogens with one attached hydrogen (secondary N) is 1. The van der Waals surface area contributed by atoms with E-state index in [9.17, 15) is 9.18 Å². The third-order valence-corrected chi connectivity index (χ3v) is 4.47. The van der Waals surface area contributed by atoms with Crippen LogP contribution in [0.15, 0.2) is 59.7 Å². The molecule has 6 nitrogen and oxygen atoms in total. The maximum Gasteiger partial charge on any atom is 0.274 e. The van der Waals surface area contributed by atoms with Crippen LogP contribution >= 0.6 is 0 Å². The fraction of sp³-hybridized carbons (Fsp3) is 0.0476. The Balaban J connectivity index is 1.90. The molecule has 4 aromatic rings. The fourth-order valence-corrected chi connectivity index (χ4v) is 3.10. The van der Waals surface area contributed by atoms with Crippen molar-refractivity contribution >= 4 is 16.6 Å². The number of aromatic amines is 1. The van der Waals surface area contributed by atoms with E-state index in [0.717, 1.165) is 11.6 Å². The number of aromatic nitrogens is 2. The lowest BCUT2D eigenvalue weighted by molar-refractivity contribution is 0.443. The van der Waals surface area contributed by atoms with Gasteiger partial charge in [0.1, 0.15) is 11.3 Å². The summed E-state index contributed by atoms with van der Waals surface area (Å²) >= 11 is 0. The van der Waals surface area contributed by atoms with Crippen LogP contribution in [0.25, 0.3) is 22.0 Å². The molecule has 2 aromatic heterocycles. The molecule has 0 atom stereocenters. The second kappa shape index (κ2) is 6.59. The summed E-state index contributed by atoms with van der Waals surface area (Å²) in [5.41, 5.74) is 8.30. The first kappa shape index (κ1) is 17.4. The first-order chi connectivity index (χ1) is 13.5. The lowest BCUT2D eigenvalue weighted by atomic mass is 10.0. The van der Waals surface area contributed by atoms with E-state index in [0.29, 0.717) is 27.9 Å². The van der Waals surface area contributed by atoms with E-state index in [1.54, 1.807) is 43.7 Å². The number of rotatable bonds is 3. The number of nitriles is 1. The molecule has 28 heavy (non-hydrogen) atoms. The summed E-state index contributed by atoms with van der Waals surface area (Å²) < 4.78 is 21.6. The SMILES string of the molecule is Cn1cc(-c2cc(N)ccc2Oc2ccc(C#N)cc2F)c2cc[nH]c2c1=O. The summed E-state index contributed by atoms with van der Waals surface area (Å²) in [7, 11) is 1.65. The first-order valence-corrected chi connectivity index (χ1v) is 8.42.